The zero-order chi connectivity index (χ0) is 19.5. The van der Waals surface area contributed by atoms with E-state index in [-0.39, 0.29) is 11.6 Å². The van der Waals surface area contributed by atoms with Crippen molar-refractivity contribution < 1.29 is 19.1 Å². The van der Waals surface area contributed by atoms with Crippen LogP contribution in [0.4, 0.5) is 4.79 Å². The molecule has 2 rings (SSSR count). The predicted octanol–water partition coefficient (Wildman–Crippen LogP) is 4.07. The van der Waals surface area contributed by atoms with Gasteiger partial charge in [0.15, 0.2) is 5.78 Å². The number of Topliss-reactive ketones (excluding diaryl/α,β-unsaturated/α-hetero) is 2. The Hall–Kier alpha value is -1.77. The fraction of sp³-hybridized carbons (Fsp3) is 0.474. The number of hydrogen-bond acceptors (Lipinski definition) is 5. The second kappa shape index (κ2) is 8.28. The van der Waals surface area contributed by atoms with Crippen LogP contribution in [0.15, 0.2) is 29.4 Å². The number of amides is 1. The molecule has 26 heavy (non-hydrogen) atoms. The van der Waals surface area contributed by atoms with Crippen LogP contribution < -0.4 is 0 Å². The highest BCUT2D eigenvalue weighted by molar-refractivity contribution is 14.1. The number of ketones is 2. The molecule has 0 aromatic heterocycles. The van der Waals surface area contributed by atoms with Crippen molar-refractivity contribution in [3.05, 3.63) is 33.4 Å². The molecule has 1 saturated carbocycles. The second-order valence-corrected chi connectivity index (χ2v) is 8.46. The van der Waals surface area contributed by atoms with Crippen molar-refractivity contribution in [3.8, 4) is 0 Å². The van der Waals surface area contributed by atoms with Crippen LogP contribution in [0.3, 0.4) is 0 Å². The molecule has 6 nitrogen and oxygen atoms in total. The largest absolute Gasteiger partial charge is 0.442 e. The van der Waals surface area contributed by atoms with E-state index in [1.54, 1.807) is 32.9 Å². The van der Waals surface area contributed by atoms with E-state index in [1.165, 1.54) is 7.05 Å². The predicted molar refractivity (Wildman–Crippen MR) is 107 cm³/mol. The molecule has 1 atom stereocenters. The number of benzene rings is 1. The van der Waals surface area contributed by atoms with E-state index in [1.807, 2.05) is 12.1 Å². The molecule has 0 saturated heterocycles. The number of nitrogens with zero attached hydrogens (tertiary/aromatic N) is 2. The molecular weight excluding hydrogens is 447 g/mol. The Balaban J connectivity index is 2.27. The SMILES string of the molecule is CN(/N=C1/CCCC(=O)C1C(=O)c1ccc(I)cc1)C(=O)OC(C)(C)C. The minimum absolute atomic E-state index is 0.156. The molecule has 0 aliphatic heterocycles. The minimum atomic E-state index is -0.936. The Morgan fingerprint density at radius 2 is 1.81 bits per heavy atom. The fourth-order valence-corrected chi connectivity index (χ4v) is 3.03. The van der Waals surface area contributed by atoms with Crippen LogP contribution in [0.2, 0.25) is 0 Å². The first-order valence-electron chi connectivity index (χ1n) is 8.45. The Morgan fingerprint density at radius 3 is 2.38 bits per heavy atom. The number of ether oxygens (including phenoxy) is 1. The lowest BCUT2D eigenvalue weighted by atomic mass is 9.81. The molecule has 0 heterocycles. The molecule has 1 aromatic rings. The number of carbonyl (C=O) groups excluding carboxylic acids is 3. The monoisotopic (exact) mass is 470 g/mol. The third-order valence-electron chi connectivity index (χ3n) is 3.84. The molecule has 1 aromatic carbocycles. The molecule has 1 aliphatic rings. The van der Waals surface area contributed by atoms with Gasteiger partial charge < -0.3 is 4.74 Å². The van der Waals surface area contributed by atoms with Crippen molar-refractivity contribution >= 4 is 46.0 Å². The Morgan fingerprint density at radius 1 is 1.19 bits per heavy atom. The van der Waals surface area contributed by atoms with Crippen molar-refractivity contribution in [1.82, 2.24) is 5.01 Å². The molecule has 0 radical (unpaired) electrons. The first kappa shape index (κ1) is 20.5. The van der Waals surface area contributed by atoms with E-state index in [4.69, 9.17) is 4.74 Å². The van der Waals surface area contributed by atoms with E-state index < -0.39 is 17.6 Å². The van der Waals surface area contributed by atoms with Crippen LogP contribution in [0.25, 0.3) is 0 Å². The molecule has 1 aliphatic carbocycles. The zero-order valence-corrected chi connectivity index (χ0v) is 17.6. The summed E-state index contributed by atoms with van der Waals surface area (Å²) in [6.45, 7) is 5.29. The standard InChI is InChI=1S/C19H23IN2O4/c1-19(2,3)26-18(25)22(4)21-14-6-5-7-15(23)16(14)17(24)12-8-10-13(20)11-9-12/h8-11,16H,5-7H2,1-4H3/b21-14-. The highest BCUT2D eigenvalue weighted by Crippen LogP contribution is 2.24. The van der Waals surface area contributed by atoms with E-state index in [0.29, 0.717) is 30.5 Å². The van der Waals surface area contributed by atoms with Gasteiger partial charge in [-0.2, -0.15) is 5.10 Å². The molecule has 1 unspecified atom stereocenters. The van der Waals surface area contributed by atoms with Gasteiger partial charge in [0.1, 0.15) is 17.3 Å². The van der Waals surface area contributed by atoms with Gasteiger partial charge in [-0.1, -0.05) is 12.1 Å². The zero-order valence-electron chi connectivity index (χ0n) is 15.4. The van der Waals surface area contributed by atoms with Gasteiger partial charge in [-0.15, -0.1) is 0 Å². The maximum absolute atomic E-state index is 12.9. The number of hydrazone groups is 1. The van der Waals surface area contributed by atoms with Crippen LogP contribution in [-0.4, -0.2) is 41.0 Å². The summed E-state index contributed by atoms with van der Waals surface area (Å²) in [6, 6.07) is 7.07. The summed E-state index contributed by atoms with van der Waals surface area (Å²) in [5.74, 6) is -1.37. The van der Waals surface area contributed by atoms with E-state index in [2.05, 4.69) is 27.7 Å². The van der Waals surface area contributed by atoms with Crippen molar-refractivity contribution in [2.45, 2.75) is 45.6 Å². The molecule has 1 amide bonds. The smallest absolute Gasteiger partial charge is 0.430 e. The highest BCUT2D eigenvalue weighted by Gasteiger charge is 2.36. The fourth-order valence-electron chi connectivity index (χ4n) is 2.67. The second-order valence-electron chi connectivity index (χ2n) is 7.22. The highest BCUT2D eigenvalue weighted by atomic mass is 127. The maximum Gasteiger partial charge on any atom is 0.430 e. The quantitative estimate of drug-likeness (QED) is 0.289. The molecule has 0 spiro atoms. The number of halogens is 1. The molecule has 1 fully saturated rings. The average Bonchev–Trinajstić information content (AvgIpc) is 2.53. The Labute approximate surface area is 167 Å². The molecule has 0 bridgehead atoms. The molecule has 140 valence electrons. The number of hydrogen-bond donors (Lipinski definition) is 0. The topological polar surface area (TPSA) is 76.0 Å². The van der Waals surface area contributed by atoms with Gasteiger partial charge in [0.05, 0.1) is 5.71 Å². The van der Waals surface area contributed by atoms with Crippen molar-refractivity contribution in [3.63, 3.8) is 0 Å². The van der Waals surface area contributed by atoms with Gasteiger partial charge in [-0.25, -0.2) is 9.80 Å². The summed E-state index contributed by atoms with van der Waals surface area (Å²) >= 11 is 2.16. The van der Waals surface area contributed by atoms with Crippen molar-refractivity contribution in [2.24, 2.45) is 11.0 Å². The molecular formula is C19H23IN2O4. The average molecular weight is 470 g/mol. The third kappa shape index (κ3) is 5.36. The minimum Gasteiger partial charge on any atom is -0.442 e. The van der Waals surface area contributed by atoms with Gasteiger partial charge in [0.2, 0.25) is 0 Å². The van der Waals surface area contributed by atoms with E-state index in [9.17, 15) is 14.4 Å². The number of carbonyl (C=O) groups is 3. The Kier molecular flexibility index (Phi) is 6.54. The molecule has 7 heteroatoms. The van der Waals surface area contributed by atoms with Crippen LogP contribution in [-0.2, 0) is 9.53 Å². The number of rotatable bonds is 3. The summed E-state index contributed by atoms with van der Waals surface area (Å²) < 4.78 is 6.28. The van der Waals surface area contributed by atoms with Crippen LogP contribution in [0.5, 0.6) is 0 Å². The van der Waals surface area contributed by atoms with Crippen molar-refractivity contribution in [1.29, 1.82) is 0 Å². The van der Waals surface area contributed by atoms with E-state index in [0.717, 1.165) is 8.58 Å². The maximum atomic E-state index is 12.9. The first-order valence-corrected chi connectivity index (χ1v) is 9.53. The van der Waals surface area contributed by atoms with Gasteiger partial charge in [-0.05, 0) is 68.3 Å². The van der Waals surface area contributed by atoms with Crippen molar-refractivity contribution in [2.75, 3.05) is 7.05 Å². The Bertz CT molecular complexity index is 735. The van der Waals surface area contributed by atoms with Crippen LogP contribution in [0.1, 0.15) is 50.4 Å². The summed E-state index contributed by atoms with van der Waals surface area (Å²) in [5.41, 5.74) is 0.237. The van der Waals surface area contributed by atoms with E-state index >= 15 is 0 Å². The van der Waals surface area contributed by atoms with Gasteiger partial charge in [-0.3, -0.25) is 9.59 Å². The lowest BCUT2D eigenvalue weighted by Crippen LogP contribution is -2.38. The molecule has 0 N–H and O–H groups in total. The normalized spacial score (nSPS) is 19.3. The van der Waals surface area contributed by atoms with Crippen LogP contribution in [0, 0.1) is 9.49 Å². The lowest BCUT2D eigenvalue weighted by Gasteiger charge is -2.25. The van der Waals surface area contributed by atoms with Crippen LogP contribution >= 0.6 is 22.6 Å². The summed E-state index contributed by atoms with van der Waals surface area (Å²) in [4.78, 5) is 37.4. The summed E-state index contributed by atoms with van der Waals surface area (Å²) in [7, 11) is 1.46. The first-order chi connectivity index (χ1) is 12.1. The third-order valence-corrected chi connectivity index (χ3v) is 4.56. The lowest BCUT2D eigenvalue weighted by molar-refractivity contribution is -0.120. The van der Waals surface area contributed by atoms with Gasteiger partial charge in [0.25, 0.3) is 0 Å². The van der Waals surface area contributed by atoms with Gasteiger partial charge >= 0.3 is 6.09 Å². The summed E-state index contributed by atoms with van der Waals surface area (Å²) in [5, 5.41) is 5.31. The summed E-state index contributed by atoms with van der Waals surface area (Å²) in [6.07, 6.45) is 0.842. The van der Waals surface area contributed by atoms with Gasteiger partial charge in [0, 0.05) is 22.6 Å².